The molecule has 0 radical (unpaired) electrons. The summed E-state index contributed by atoms with van der Waals surface area (Å²) in [5, 5.41) is 12.1. The fraction of sp³-hybridized carbons (Fsp3) is 0.524. The zero-order valence-electron chi connectivity index (χ0n) is 18.3. The summed E-state index contributed by atoms with van der Waals surface area (Å²) in [6.45, 7) is 1.98. The first kappa shape index (κ1) is 24.4. The van der Waals surface area contributed by atoms with Crippen LogP contribution < -0.4 is 20.4 Å². The Morgan fingerprint density at radius 3 is 2.50 bits per heavy atom. The Bertz CT molecular complexity index is 1270. The van der Waals surface area contributed by atoms with Crippen molar-refractivity contribution < 1.29 is 36.4 Å². The van der Waals surface area contributed by atoms with Crippen LogP contribution in [0.5, 0.6) is 5.75 Å². The van der Waals surface area contributed by atoms with Gasteiger partial charge in [0.25, 0.3) is 10.1 Å². The van der Waals surface area contributed by atoms with E-state index in [0.29, 0.717) is 25.3 Å². The molecule has 1 saturated carbocycles. The maximum atomic E-state index is 15.7. The fourth-order valence-corrected chi connectivity index (χ4v) is 4.73. The van der Waals surface area contributed by atoms with Crippen molar-refractivity contribution in [3.8, 4) is 5.75 Å². The second kappa shape index (κ2) is 9.12. The zero-order valence-corrected chi connectivity index (χ0v) is 19.1. The summed E-state index contributed by atoms with van der Waals surface area (Å²) in [4.78, 5) is 25.3. The number of nitrogens with one attached hydrogen (secondary N) is 1. The molecule has 186 valence electrons. The number of fused-ring (bicyclic) bond motifs is 2. The van der Waals surface area contributed by atoms with E-state index in [1.165, 1.54) is 10.8 Å². The Morgan fingerprint density at radius 2 is 1.91 bits per heavy atom. The molecule has 1 aromatic carbocycles. The minimum Gasteiger partial charge on any atom is -0.449 e. The van der Waals surface area contributed by atoms with Crippen LogP contribution in [0.4, 0.5) is 19.3 Å². The average Bonchev–Trinajstić information content (AvgIpc) is 3.47. The highest BCUT2D eigenvalue weighted by atomic mass is 32.2. The topological polar surface area (TPSA) is 138 Å². The smallest absolute Gasteiger partial charge is 0.449 e. The summed E-state index contributed by atoms with van der Waals surface area (Å²) >= 11 is 0. The van der Waals surface area contributed by atoms with Gasteiger partial charge < -0.3 is 24.6 Å². The lowest BCUT2D eigenvalue weighted by atomic mass is 9.94. The van der Waals surface area contributed by atoms with Gasteiger partial charge in [-0.05, 0) is 44.2 Å². The molecule has 2 saturated heterocycles. The second-order valence-electron chi connectivity index (χ2n) is 8.85. The molecule has 34 heavy (non-hydrogen) atoms. The SMILES string of the molecule is CS(=O)(=O)O.O=C(O)Oc1cn(C2CC2)c2c(F)c(N3CC4CCCNC4C3)c(F)cc2c1=O. The standard InChI is InChI=1S/C20H21F2N3O4.CH4O3S/c21-13-6-12-17(25(11-3-4-11)9-15(19(12)26)29-20(27)28)16(22)18(13)24-7-10-2-1-5-23-14(10)8-24;1-5(2,3)4/h6,9-11,14,23H,1-5,7-8H2,(H,27,28);1H3,(H,2,3,4). The van der Waals surface area contributed by atoms with Gasteiger partial charge in [0.05, 0.1) is 23.4 Å². The molecule has 0 amide bonds. The number of rotatable bonds is 3. The number of piperidine rings is 1. The van der Waals surface area contributed by atoms with Crippen LogP contribution in [0.15, 0.2) is 17.1 Å². The molecule has 0 bridgehead atoms. The lowest BCUT2D eigenvalue weighted by molar-refractivity contribution is 0.143. The first-order valence-electron chi connectivity index (χ1n) is 10.8. The van der Waals surface area contributed by atoms with Gasteiger partial charge in [0.1, 0.15) is 11.5 Å². The number of halogens is 2. The molecular formula is C21H25F2N3O7S. The summed E-state index contributed by atoms with van der Waals surface area (Å²) in [6, 6.07) is 1.15. The van der Waals surface area contributed by atoms with E-state index in [0.717, 1.165) is 38.3 Å². The number of carboxylic acid groups (broad SMARTS) is 1. The van der Waals surface area contributed by atoms with Gasteiger partial charge >= 0.3 is 6.16 Å². The van der Waals surface area contributed by atoms with Crippen LogP contribution >= 0.6 is 0 Å². The van der Waals surface area contributed by atoms with Gasteiger partial charge in [-0.2, -0.15) is 8.42 Å². The van der Waals surface area contributed by atoms with Crippen LogP contribution in [0.2, 0.25) is 0 Å². The second-order valence-corrected chi connectivity index (χ2v) is 10.3. The van der Waals surface area contributed by atoms with Crippen molar-refractivity contribution in [1.82, 2.24) is 9.88 Å². The van der Waals surface area contributed by atoms with E-state index < -0.39 is 39.1 Å². The highest BCUT2D eigenvalue weighted by molar-refractivity contribution is 7.85. The molecule has 10 nitrogen and oxygen atoms in total. The third kappa shape index (κ3) is 5.15. The van der Waals surface area contributed by atoms with E-state index in [2.05, 4.69) is 10.1 Å². The number of hydrogen-bond acceptors (Lipinski definition) is 7. The minimum absolute atomic E-state index is 0.00877. The third-order valence-electron chi connectivity index (χ3n) is 6.20. The van der Waals surface area contributed by atoms with Gasteiger partial charge in [0.2, 0.25) is 5.43 Å². The van der Waals surface area contributed by atoms with Gasteiger partial charge in [-0.25, -0.2) is 13.6 Å². The number of ether oxygens (including phenoxy) is 1. The first-order chi connectivity index (χ1) is 15.9. The molecule has 3 aliphatic rings. The molecule has 3 fully saturated rings. The average molecular weight is 502 g/mol. The van der Waals surface area contributed by atoms with E-state index in [1.807, 2.05) is 0 Å². The quantitative estimate of drug-likeness (QED) is 0.427. The molecule has 13 heteroatoms. The molecule has 2 aromatic rings. The Hall–Kier alpha value is -2.77. The molecule has 2 aliphatic heterocycles. The number of hydrogen-bond donors (Lipinski definition) is 3. The predicted octanol–water partition coefficient (Wildman–Crippen LogP) is 2.36. The van der Waals surface area contributed by atoms with Crippen LogP contribution in [0.3, 0.4) is 0 Å². The molecule has 2 atom stereocenters. The van der Waals surface area contributed by atoms with Crippen molar-refractivity contribution in [2.75, 3.05) is 30.8 Å². The van der Waals surface area contributed by atoms with E-state index in [1.54, 1.807) is 4.90 Å². The van der Waals surface area contributed by atoms with E-state index in [4.69, 9.17) is 9.66 Å². The van der Waals surface area contributed by atoms with Crippen molar-refractivity contribution in [2.45, 2.75) is 37.8 Å². The predicted molar refractivity (Wildman–Crippen MR) is 119 cm³/mol. The Morgan fingerprint density at radius 1 is 1.24 bits per heavy atom. The van der Waals surface area contributed by atoms with Crippen LogP contribution in [0.1, 0.15) is 31.7 Å². The van der Waals surface area contributed by atoms with Crippen LogP contribution in [-0.2, 0) is 10.1 Å². The maximum Gasteiger partial charge on any atom is 0.511 e. The van der Waals surface area contributed by atoms with Gasteiger partial charge in [-0.3, -0.25) is 9.35 Å². The van der Waals surface area contributed by atoms with Gasteiger partial charge in [0.15, 0.2) is 11.6 Å². The summed E-state index contributed by atoms with van der Waals surface area (Å²) in [5.74, 6) is -1.69. The van der Waals surface area contributed by atoms with Crippen LogP contribution in [0, 0.1) is 17.6 Å². The maximum absolute atomic E-state index is 15.7. The molecule has 2 unspecified atom stereocenters. The lowest BCUT2D eigenvalue weighted by Crippen LogP contribution is -2.40. The Labute approximate surface area is 193 Å². The lowest BCUT2D eigenvalue weighted by Gasteiger charge is -2.24. The first-order valence-corrected chi connectivity index (χ1v) is 12.7. The number of carbonyl (C=O) groups is 1. The van der Waals surface area contributed by atoms with Gasteiger partial charge in [-0.1, -0.05) is 0 Å². The summed E-state index contributed by atoms with van der Waals surface area (Å²) in [6.07, 6.45) is 3.91. The van der Waals surface area contributed by atoms with E-state index >= 15 is 8.78 Å². The largest absolute Gasteiger partial charge is 0.511 e. The van der Waals surface area contributed by atoms with Crippen LogP contribution in [0.25, 0.3) is 10.9 Å². The molecular weight excluding hydrogens is 476 g/mol. The number of anilines is 1. The van der Waals surface area contributed by atoms with Crippen molar-refractivity contribution in [2.24, 2.45) is 5.92 Å². The highest BCUT2D eigenvalue weighted by Gasteiger charge is 2.38. The normalized spacial score (nSPS) is 22.2. The molecule has 3 N–H and O–H groups in total. The number of benzene rings is 1. The van der Waals surface area contributed by atoms with Crippen molar-refractivity contribution in [1.29, 1.82) is 0 Å². The number of aromatic nitrogens is 1. The van der Waals surface area contributed by atoms with Gasteiger partial charge in [0, 0.05) is 25.2 Å². The van der Waals surface area contributed by atoms with Crippen molar-refractivity contribution in [3.05, 3.63) is 34.1 Å². The fourth-order valence-electron chi connectivity index (χ4n) is 4.73. The monoisotopic (exact) mass is 501 g/mol. The number of nitrogens with zero attached hydrogens (tertiary/aromatic N) is 2. The Kier molecular flexibility index (Phi) is 6.53. The molecule has 5 rings (SSSR count). The third-order valence-corrected chi connectivity index (χ3v) is 6.20. The summed E-state index contributed by atoms with van der Waals surface area (Å²) < 4.78 is 62.6. The van der Waals surface area contributed by atoms with Gasteiger partial charge in [-0.15, -0.1) is 0 Å². The molecule has 0 spiro atoms. The summed E-state index contributed by atoms with van der Waals surface area (Å²) in [7, 11) is -3.67. The van der Waals surface area contributed by atoms with Crippen molar-refractivity contribution in [3.63, 3.8) is 0 Å². The van der Waals surface area contributed by atoms with E-state index in [9.17, 15) is 18.0 Å². The number of pyridine rings is 1. The van der Waals surface area contributed by atoms with E-state index in [-0.39, 0.29) is 28.7 Å². The molecule has 1 aromatic heterocycles. The Balaban J connectivity index is 0.000000499. The van der Waals surface area contributed by atoms with Crippen LogP contribution in [-0.4, -0.2) is 60.7 Å². The molecule has 3 heterocycles. The zero-order chi connectivity index (χ0) is 24.8. The minimum atomic E-state index is -3.67. The molecule has 1 aliphatic carbocycles. The summed E-state index contributed by atoms with van der Waals surface area (Å²) in [5.41, 5.74) is -0.940. The van der Waals surface area contributed by atoms with Crippen molar-refractivity contribution >= 4 is 32.9 Å². The highest BCUT2D eigenvalue weighted by Crippen LogP contribution is 2.41.